The van der Waals surface area contributed by atoms with Gasteiger partial charge in [-0.3, -0.25) is 5.43 Å². The number of aromatic nitrogens is 2. The number of hydrazine groups is 1. The van der Waals surface area contributed by atoms with E-state index < -0.39 is 0 Å². The number of nitrogens with one attached hydrogen (secondary N) is 1. The van der Waals surface area contributed by atoms with E-state index >= 15 is 0 Å². The molecule has 0 aliphatic carbocycles. The third kappa shape index (κ3) is 2.97. The minimum atomic E-state index is 0.318. The first-order chi connectivity index (χ1) is 6.36. The molecule has 1 heterocycles. The van der Waals surface area contributed by atoms with Gasteiger partial charge in [0.05, 0.1) is 0 Å². The molecule has 0 unspecified atom stereocenters. The fraction of sp³-hybridized carbons (Fsp3) is 0.250. The number of nitrogens with zero attached hydrogens (tertiary/aromatic N) is 2. The quantitative estimate of drug-likeness (QED) is 0.297. The second kappa shape index (κ2) is 4.95. The third-order valence-corrected chi connectivity index (χ3v) is 1.26. The topological polar surface area (TPSA) is 73.1 Å². The molecule has 3 N–H and O–H groups in total. The molecule has 0 aliphatic heterocycles. The average Bonchev–Trinajstić information content (AvgIpc) is 2.19. The lowest BCUT2D eigenvalue weighted by atomic mass is 10.5. The Labute approximate surface area is 76.3 Å². The summed E-state index contributed by atoms with van der Waals surface area (Å²) in [5.41, 5.74) is 2.32. The zero-order valence-corrected chi connectivity index (χ0v) is 7.03. The highest BCUT2D eigenvalue weighted by Gasteiger charge is 1.96. The van der Waals surface area contributed by atoms with Crippen molar-refractivity contribution < 1.29 is 4.74 Å². The van der Waals surface area contributed by atoms with Crippen LogP contribution >= 0.6 is 0 Å². The number of hydrogen-bond donors (Lipinski definition) is 2. The molecule has 0 spiro atoms. The van der Waals surface area contributed by atoms with Gasteiger partial charge in [-0.1, -0.05) is 0 Å². The Hall–Kier alpha value is -1.80. The minimum absolute atomic E-state index is 0.318. The van der Waals surface area contributed by atoms with Gasteiger partial charge in [0.15, 0.2) is 0 Å². The van der Waals surface area contributed by atoms with E-state index in [0.29, 0.717) is 24.9 Å². The van der Waals surface area contributed by atoms with Crippen LogP contribution in [0.1, 0.15) is 6.42 Å². The van der Waals surface area contributed by atoms with Gasteiger partial charge < -0.3 is 4.74 Å². The Bertz CT molecular complexity index is 307. The molecule has 0 saturated carbocycles. The van der Waals surface area contributed by atoms with Crippen LogP contribution in [0.25, 0.3) is 0 Å². The summed E-state index contributed by atoms with van der Waals surface area (Å²) in [5, 5.41) is 0. The van der Waals surface area contributed by atoms with Gasteiger partial charge in [0, 0.05) is 18.7 Å². The van der Waals surface area contributed by atoms with Crippen molar-refractivity contribution in [3.05, 3.63) is 12.3 Å². The van der Waals surface area contributed by atoms with E-state index in [1.807, 2.05) is 0 Å². The van der Waals surface area contributed by atoms with Crippen molar-refractivity contribution >= 4 is 5.95 Å². The number of hydrogen-bond acceptors (Lipinski definition) is 5. The standard InChI is InChI=1S/C8H10N4O/c1-2-3-6-13-7-4-5-10-8(11-7)12-9/h1,4-5H,3,6,9H2,(H,10,11,12). The van der Waals surface area contributed by atoms with E-state index in [-0.39, 0.29) is 0 Å². The molecule has 0 atom stereocenters. The van der Waals surface area contributed by atoms with E-state index in [0.717, 1.165) is 0 Å². The Morgan fingerprint density at radius 3 is 3.23 bits per heavy atom. The number of ether oxygens (including phenoxy) is 1. The van der Waals surface area contributed by atoms with Gasteiger partial charge in [-0.25, -0.2) is 10.8 Å². The highest BCUT2D eigenvalue weighted by Crippen LogP contribution is 2.06. The summed E-state index contributed by atoms with van der Waals surface area (Å²) in [6.07, 6.45) is 7.15. The second-order valence-electron chi connectivity index (χ2n) is 2.17. The highest BCUT2D eigenvalue weighted by molar-refractivity contribution is 5.25. The first kappa shape index (κ1) is 9.29. The molecule has 0 amide bonds. The molecule has 0 aliphatic rings. The highest BCUT2D eigenvalue weighted by atomic mass is 16.5. The smallest absolute Gasteiger partial charge is 0.240 e. The number of anilines is 1. The Morgan fingerprint density at radius 2 is 2.54 bits per heavy atom. The van der Waals surface area contributed by atoms with Gasteiger partial charge in [-0.15, -0.1) is 12.3 Å². The molecule has 0 fully saturated rings. The number of nitrogen functional groups attached to an aromatic ring is 1. The van der Waals surface area contributed by atoms with Gasteiger partial charge in [-0.05, 0) is 0 Å². The molecule has 5 nitrogen and oxygen atoms in total. The summed E-state index contributed by atoms with van der Waals surface area (Å²) in [7, 11) is 0. The molecule has 0 aromatic carbocycles. The Kier molecular flexibility index (Phi) is 3.54. The number of terminal acetylenes is 1. The van der Waals surface area contributed by atoms with E-state index in [1.54, 1.807) is 12.3 Å². The van der Waals surface area contributed by atoms with Crippen LogP contribution in [0, 0.1) is 12.3 Å². The van der Waals surface area contributed by atoms with E-state index in [9.17, 15) is 0 Å². The van der Waals surface area contributed by atoms with Gasteiger partial charge >= 0.3 is 0 Å². The first-order valence-corrected chi connectivity index (χ1v) is 3.72. The molecule has 68 valence electrons. The molecular weight excluding hydrogens is 168 g/mol. The maximum Gasteiger partial charge on any atom is 0.240 e. The van der Waals surface area contributed by atoms with Crippen LogP contribution < -0.4 is 16.0 Å². The van der Waals surface area contributed by atoms with Gasteiger partial charge in [0.1, 0.15) is 6.61 Å². The predicted octanol–water partition coefficient (Wildman–Crippen LogP) is 0.164. The molecule has 1 aromatic rings. The van der Waals surface area contributed by atoms with Crippen molar-refractivity contribution in [1.82, 2.24) is 9.97 Å². The van der Waals surface area contributed by atoms with Crippen molar-refractivity contribution in [2.24, 2.45) is 5.84 Å². The third-order valence-electron chi connectivity index (χ3n) is 1.26. The van der Waals surface area contributed by atoms with Crippen molar-refractivity contribution in [2.45, 2.75) is 6.42 Å². The molecule has 13 heavy (non-hydrogen) atoms. The second-order valence-corrected chi connectivity index (χ2v) is 2.17. The molecular formula is C8H10N4O. The van der Waals surface area contributed by atoms with Crippen molar-refractivity contribution in [2.75, 3.05) is 12.0 Å². The molecule has 1 rings (SSSR count). The fourth-order valence-electron chi connectivity index (χ4n) is 0.707. The van der Waals surface area contributed by atoms with Crippen LogP contribution in [0.3, 0.4) is 0 Å². The molecule has 5 heteroatoms. The van der Waals surface area contributed by atoms with E-state index in [4.69, 9.17) is 17.0 Å². The van der Waals surface area contributed by atoms with Crippen LogP contribution in [0.5, 0.6) is 5.88 Å². The average molecular weight is 178 g/mol. The molecule has 0 saturated heterocycles. The van der Waals surface area contributed by atoms with Crippen LogP contribution in [-0.2, 0) is 0 Å². The molecule has 1 aromatic heterocycles. The largest absolute Gasteiger partial charge is 0.477 e. The zero-order valence-electron chi connectivity index (χ0n) is 7.03. The lowest BCUT2D eigenvalue weighted by molar-refractivity contribution is 0.314. The normalized spacial score (nSPS) is 8.92. The van der Waals surface area contributed by atoms with Crippen molar-refractivity contribution in [3.8, 4) is 18.2 Å². The van der Waals surface area contributed by atoms with Gasteiger partial charge in [0.2, 0.25) is 11.8 Å². The Morgan fingerprint density at radius 1 is 1.69 bits per heavy atom. The van der Waals surface area contributed by atoms with E-state index in [2.05, 4.69) is 21.3 Å². The first-order valence-electron chi connectivity index (χ1n) is 3.72. The summed E-state index contributed by atoms with van der Waals surface area (Å²) >= 11 is 0. The molecule has 0 radical (unpaired) electrons. The number of rotatable bonds is 4. The minimum Gasteiger partial charge on any atom is -0.477 e. The van der Waals surface area contributed by atoms with Crippen LogP contribution in [-0.4, -0.2) is 16.6 Å². The summed E-state index contributed by atoms with van der Waals surface area (Å²) in [6.45, 7) is 0.442. The van der Waals surface area contributed by atoms with Crippen LogP contribution in [0.15, 0.2) is 12.3 Å². The monoisotopic (exact) mass is 178 g/mol. The maximum atomic E-state index is 5.20. The van der Waals surface area contributed by atoms with E-state index in [1.165, 1.54) is 0 Å². The van der Waals surface area contributed by atoms with Crippen molar-refractivity contribution in [1.29, 1.82) is 0 Å². The summed E-state index contributed by atoms with van der Waals surface area (Å²) in [5.74, 6) is 8.34. The maximum absolute atomic E-state index is 5.20. The van der Waals surface area contributed by atoms with Gasteiger partial charge in [-0.2, -0.15) is 4.98 Å². The van der Waals surface area contributed by atoms with Gasteiger partial charge in [0.25, 0.3) is 0 Å². The SMILES string of the molecule is C#CCCOc1ccnc(NN)n1. The summed E-state index contributed by atoms with van der Waals surface area (Å²) in [6, 6.07) is 1.64. The fourth-order valence-corrected chi connectivity index (χ4v) is 0.707. The van der Waals surface area contributed by atoms with Crippen LogP contribution in [0.2, 0.25) is 0 Å². The lowest BCUT2D eigenvalue weighted by Crippen LogP contribution is -2.10. The van der Waals surface area contributed by atoms with Crippen molar-refractivity contribution in [3.63, 3.8) is 0 Å². The van der Waals surface area contributed by atoms with Crippen LogP contribution in [0.4, 0.5) is 5.95 Å². The Balaban J connectivity index is 2.52. The lowest BCUT2D eigenvalue weighted by Gasteiger charge is -2.03. The summed E-state index contributed by atoms with van der Waals surface area (Å²) < 4.78 is 5.20. The summed E-state index contributed by atoms with van der Waals surface area (Å²) in [4.78, 5) is 7.74. The predicted molar refractivity (Wildman–Crippen MR) is 48.8 cm³/mol. The number of nitrogens with two attached hydrogens (primary N) is 1. The zero-order chi connectivity index (χ0) is 9.52. The molecule has 0 bridgehead atoms.